The fraction of sp³-hybridized carbons (Fsp3) is 0.385. The molecule has 0 saturated carbocycles. The molecule has 1 unspecified atom stereocenters. The summed E-state index contributed by atoms with van der Waals surface area (Å²) in [5.74, 6) is -0.772. The fourth-order valence-corrected chi connectivity index (χ4v) is 1.65. The summed E-state index contributed by atoms with van der Waals surface area (Å²) in [7, 11) is 0. The van der Waals surface area contributed by atoms with Gasteiger partial charge in [-0.3, -0.25) is 9.59 Å². The van der Waals surface area contributed by atoms with Crippen LogP contribution in [0.4, 0.5) is 5.69 Å². The predicted molar refractivity (Wildman–Crippen MR) is 67.9 cm³/mol. The average molecular weight is 251 g/mol. The summed E-state index contributed by atoms with van der Waals surface area (Å²) < 4.78 is 5.10. The molecule has 0 heterocycles. The molecule has 0 radical (unpaired) electrons. The number of ether oxygens (including phenoxy) is 1. The van der Waals surface area contributed by atoms with E-state index in [0.29, 0.717) is 11.4 Å². The highest BCUT2D eigenvalue weighted by Crippen LogP contribution is 2.27. The van der Waals surface area contributed by atoms with Crippen molar-refractivity contribution in [1.82, 2.24) is 0 Å². The molecule has 0 saturated heterocycles. The average Bonchev–Trinajstić information content (AvgIpc) is 2.23. The van der Waals surface area contributed by atoms with Gasteiger partial charge in [0.1, 0.15) is 11.8 Å². The quantitative estimate of drug-likeness (QED) is 0.633. The molecule has 0 aliphatic carbocycles. The number of aliphatic carboxylic acids is 1. The third-order valence-electron chi connectivity index (χ3n) is 2.46. The molecular weight excluding hydrogens is 234 g/mol. The minimum atomic E-state index is -0.922. The number of carboxylic acid groups (broad SMARTS) is 1. The van der Waals surface area contributed by atoms with Gasteiger partial charge in [-0.2, -0.15) is 0 Å². The van der Waals surface area contributed by atoms with Gasteiger partial charge in [0.25, 0.3) is 0 Å². The zero-order chi connectivity index (χ0) is 13.9. The summed E-state index contributed by atoms with van der Waals surface area (Å²) in [5.41, 5.74) is 2.26. The lowest BCUT2D eigenvalue weighted by atomic mass is 10.1. The normalized spacial score (nSPS) is 11.8. The molecular formula is C13H17NO4. The van der Waals surface area contributed by atoms with Crippen LogP contribution in [0.1, 0.15) is 25.0 Å². The molecule has 0 bridgehead atoms. The van der Waals surface area contributed by atoms with Gasteiger partial charge in [0, 0.05) is 12.6 Å². The van der Waals surface area contributed by atoms with Gasteiger partial charge in [0.2, 0.25) is 0 Å². The summed E-state index contributed by atoms with van der Waals surface area (Å²) in [6.07, 6.45) is 0. The van der Waals surface area contributed by atoms with E-state index in [1.807, 2.05) is 13.8 Å². The highest BCUT2D eigenvalue weighted by atomic mass is 16.5. The maximum absolute atomic E-state index is 11.0. The minimum Gasteiger partial charge on any atom is -0.480 e. The van der Waals surface area contributed by atoms with Crippen LogP contribution in [0.25, 0.3) is 0 Å². The van der Waals surface area contributed by atoms with Gasteiger partial charge < -0.3 is 15.2 Å². The van der Waals surface area contributed by atoms with Crippen LogP contribution in [0.2, 0.25) is 0 Å². The first-order valence-corrected chi connectivity index (χ1v) is 5.60. The molecule has 5 heteroatoms. The van der Waals surface area contributed by atoms with Crippen molar-refractivity contribution in [3.8, 4) is 5.75 Å². The Hall–Kier alpha value is -2.04. The minimum absolute atomic E-state index is 0.374. The van der Waals surface area contributed by atoms with Crippen molar-refractivity contribution in [3.63, 3.8) is 0 Å². The van der Waals surface area contributed by atoms with E-state index >= 15 is 0 Å². The number of anilines is 1. The standard InChI is InChI=1S/C13H17NO4/c1-7-5-11(14-9(3)13(16)17)6-8(2)12(7)18-10(4)15/h5-6,9,14H,1-4H3,(H,16,17). The van der Waals surface area contributed by atoms with Crippen molar-refractivity contribution in [3.05, 3.63) is 23.3 Å². The molecule has 0 aliphatic heterocycles. The highest BCUT2D eigenvalue weighted by Gasteiger charge is 2.13. The molecule has 0 fully saturated rings. The lowest BCUT2D eigenvalue weighted by Crippen LogP contribution is -2.25. The Bertz CT molecular complexity index is 459. The summed E-state index contributed by atoms with van der Waals surface area (Å²) in [4.78, 5) is 21.7. The fourth-order valence-electron chi connectivity index (χ4n) is 1.65. The molecule has 5 nitrogen and oxygen atoms in total. The number of carbonyl (C=O) groups is 2. The van der Waals surface area contributed by atoms with E-state index in [1.54, 1.807) is 19.1 Å². The van der Waals surface area contributed by atoms with Crippen LogP contribution < -0.4 is 10.1 Å². The van der Waals surface area contributed by atoms with Gasteiger partial charge in [-0.05, 0) is 44.0 Å². The summed E-state index contributed by atoms with van der Waals surface area (Å²) in [6.45, 7) is 6.52. The first kappa shape index (κ1) is 14.0. The molecule has 0 spiro atoms. The van der Waals surface area contributed by atoms with Crippen molar-refractivity contribution >= 4 is 17.6 Å². The number of aryl methyl sites for hydroxylation is 2. The van der Waals surface area contributed by atoms with Crippen molar-refractivity contribution in [2.75, 3.05) is 5.32 Å². The number of benzene rings is 1. The van der Waals surface area contributed by atoms with Gasteiger partial charge in [-0.25, -0.2) is 0 Å². The van der Waals surface area contributed by atoms with Crippen molar-refractivity contribution in [1.29, 1.82) is 0 Å². The molecule has 98 valence electrons. The van der Waals surface area contributed by atoms with Crippen LogP contribution in [0, 0.1) is 13.8 Å². The van der Waals surface area contributed by atoms with E-state index in [0.717, 1.165) is 11.1 Å². The SMILES string of the molecule is CC(=O)Oc1c(C)cc(NC(C)C(=O)O)cc1C. The van der Waals surface area contributed by atoms with Gasteiger partial charge in [-0.15, -0.1) is 0 Å². The van der Waals surface area contributed by atoms with Crippen molar-refractivity contribution in [2.24, 2.45) is 0 Å². The molecule has 0 amide bonds. The lowest BCUT2D eigenvalue weighted by molar-refractivity contribution is -0.137. The van der Waals surface area contributed by atoms with Crippen LogP contribution in [-0.2, 0) is 9.59 Å². The van der Waals surface area contributed by atoms with Crippen LogP contribution >= 0.6 is 0 Å². The third-order valence-corrected chi connectivity index (χ3v) is 2.46. The first-order valence-electron chi connectivity index (χ1n) is 5.60. The second-order valence-electron chi connectivity index (χ2n) is 4.24. The summed E-state index contributed by atoms with van der Waals surface area (Å²) in [5, 5.41) is 11.7. The predicted octanol–water partition coefficient (Wildman–Crippen LogP) is 2.11. The highest BCUT2D eigenvalue weighted by molar-refractivity contribution is 5.77. The Morgan fingerprint density at radius 2 is 1.78 bits per heavy atom. The Morgan fingerprint density at radius 3 is 2.17 bits per heavy atom. The van der Waals surface area contributed by atoms with E-state index in [-0.39, 0.29) is 5.97 Å². The van der Waals surface area contributed by atoms with Crippen LogP contribution in [0.15, 0.2) is 12.1 Å². The molecule has 1 aromatic rings. The number of carbonyl (C=O) groups excluding carboxylic acids is 1. The molecule has 0 aliphatic rings. The number of rotatable bonds is 4. The summed E-state index contributed by atoms with van der Waals surface area (Å²) in [6, 6.07) is 2.83. The smallest absolute Gasteiger partial charge is 0.325 e. The van der Waals surface area contributed by atoms with E-state index in [9.17, 15) is 9.59 Å². The monoisotopic (exact) mass is 251 g/mol. The van der Waals surface area contributed by atoms with Gasteiger partial charge in [0.15, 0.2) is 0 Å². The largest absolute Gasteiger partial charge is 0.480 e. The number of carboxylic acids is 1. The summed E-state index contributed by atoms with van der Waals surface area (Å²) >= 11 is 0. The van der Waals surface area contributed by atoms with Crippen LogP contribution in [-0.4, -0.2) is 23.1 Å². The van der Waals surface area contributed by atoms with E-state index < -0.39 is 12.0 Å². The maximum atomic E-state index is 11.0. The molecule has 2 N–H and O–H groups in total. The lowest BCUT2D eigenvalue weighted by Gasteiger charge is -2.15. The second kappa shape index (κ2) is 5.53. The zero-order valence-corrected chi connectivity index (χ0v) is 10.9. The number of hydrogen-bond acceptors (Lipinski definition) is 4. The Morgan fingerprint density at radius 1 is 1.28 bits per heavy atom. The molecule has 1 aromatic carbocycles. The second-order valence-corrected chi connectivity index (χ2v) is 4.24. The molecule has 0 aromatic heterocycles. The van der Waals surface area contributed by atoms with Gasteiger partial charge >= 0.3 is 11.9 Å². The maximum Gasteiger partial charge on any atom is 0.325 e. The Labute approximate surface area is 106 Å². The van der Waals surface area contributed by atoms with Crippen molar-refractivity contribution in [2.45, 2.75) is 33.7 Å². The van der Waals surface area contributed by atoms with Gasteiger partial charge in [-0.1, -0.05) is 0 Å². The topological polar surface area (TPSA) is 75.6 Å². The Kier molecular flexibility index (Phi) is 4.31. The first-order chi connectivity index (χ1) is 8.31. The van der Waals surface area contributed by atoms with Crippen LogP contribution in [0.3, 0.4) is 0 Å². The van der Waals surface area contributed by atoms with Gasteiger partial charge in [0.05, 0.1) is 0 Å². The molecule has 18 heavy (non-hydrogen) atoms. The van der Waals surface area contributed by atoms with Crippen molar-refractivity contribution < 1.29 is 19.4 Å². The third kappa shape index (κ3) is 3.48. The van der Waals surface area contributed by atoms with E-state index in [1.165, 1.54) is 6.92 Å². The number of esters is 1. The van der Waals surface area contributed by atoms with E-state index in [4.69, 9.17) is 9.84 Å². The zero-order valence-electron chi connectivity index (χ0n) is 10.9. The van der Waals surface area contributed by atoms with Crippen LogP contribution in [0.5, 0.6) is 5.75 Å². The van der Waals surface area contributed by atoms with E-state index in [2.05, 4.69) is 5.32 Å². The number of nitrogens with one attached hydrogen (secondary N) is 1. The molecule has 1 atom stereocenters. The number of hydrogen-bond donors (Lipinski definition) is 2. The molecule has 1 rings (SSSR count). The Balaban J connectivity index is 2.99.